The van der Waals surface area contributed by atoms with Crippen LogP contribution in [0, 0.1) is 0 Å². The Bertz CT molecular complexity index is 787. The average molecular weight is 357 g/mol. The molecule has 0 saturated carbocycles. The van der Waals surface area contributed by atoms with Gasteiger partial charge in [0.2, 0.25) is 5.91 Å². The summed E-state index contributed by atoms with van der Waals surface area (Å²) in [5.74, 6) is 0.986. The standard InChI is InChI=1S/C18H19N3O3S/c1-23-18-11-14(24-21-18)5-6-17(22)20-16(10-13-7-9-25-12-13)15-4-2-3-8-19-15/h2-4,7-9,11-12,16H,5-6,10H2,1H3,(H,20,22)/t16-/m1/s1. The highest BCUT2D eigenvalue weighted by molar-refractivity contribution is 7.07. The molecule has 0 aromatic carbocycles. The lowest BCUT2D eigenvalue weighted by Gasteiger charge is -2.17. The predicted molar refractivity (Wildman–Crippen MR) is 94.5 cm³/mol. The number of hydrogen-bond acceptors (Lipinski definition) is 6. The number of pyridine rings is 1. The van der Waals surface area contributed by atoms with Crippen LogP contribution in [0.5, 0.6) is 5.88 Å². The van der Waals surface area contributed by atoms with Gasteiger partial charge in [0.05, 0.1) is 18.8 Å². The van der Waals surface area contributed by atoms with Gasteiger partial charge < -0.3 is 14.6 Å². The summed E-state index contributed by atoms with van der Waals surface area (Å²) in [5, 5.41) is 10.9. The van der Waals surface area contributed by atoms with Crippen LogP contribution in [0.15, 0.2) is 51.8 Å². The average Bonchev–Trinajstić information content (AvgIpc) is 3.32. The number of methoxy groups -OCH3 is 1. The van der Waals surface area contributed by atoms with Gasteiger partial charge in [-0.3, -0.25) is 9.78 Å². The molecule has 0 saturated heterocycles. The fourth-order valence-electron chi connectivity index (χ4n) is 2.47. The molecule has 1 atom stereocenters. The van der Waals surface area contributed by atoms with Gasteiger partial charge in [-0.05, 0) is 46.1 Å². The third-order valence-electron chi connectivity index (χ3n) is 3.74. The van der Waals surface area contributed by atoms with Crippen LogP contribution in [-0.4, -0.2) is 23.2 Å². The molecule has 3 heterocycles. The summed E-state index contributed by atoms with van der Waals surface area (Å²) < 4.78 is 10.1. The highest BCUT2D eigenvalue weighted by Gasteiger charge is 2.17. The molecular weight excluding hydrogens is 338 g/mol. The van der Waals surface area contributed by atoms with E-state index in [1.54, 1.807) is 23.6 Å². The Hall–Kier alpha value is -2.67. The number of carbonyl (C=O) groups is 1. The molecular formula is C18H19N3O3S. The zero-order valence-electron chi connectivity index (χ0n) is 13.8. The molecule has 3 aromatic heterocycles. The number of nitrogens with one attached hydrogen (secondary N) is 1. The molecule has 0 aliphatic rings. The van der Waals surface area contributed by atoms with Gasteiger partial charge in [-0.25, -0.2) is 0 Å². The Kier molecular flexibility index (Phi) is 5.79. The second-order valence-corrected chi connectivity index (χ2v) is 6.33. The second-order valence-electron chi connectivity index (χ2n) is 5.55. The number of aromatic nitrogens is 2. The SMILES string of the molecule is COc1cc(CCC(=O)N[C@H](Cc2ccsc2)c2ccccn2)on1. The molecule has 0 radical (unpaired) electrons. The Balaban J connectivity index is 1.61. The van der Waals surface area contributed by atoms with Gasteiger partial charge in [-0.2, -0.15) is 11.3 Å². The highest BCUT2D eigenvalue weighted by atomic mass is 32.1. The van der Waals surface area contributed by atoms with E-state index in [2.05, 4.69) is 26.9 Å². The van der Waals surface area contributed by atoms with Crippen molar-refractivity contribution in [2.75, 3.05) is 7.11 Å². The maximum absolute atomic E-state index is 12.4. The maximum atomic E-state index is 12.4. The van der Waals surface area contributed by atoms with Crippen molar-refractivity contribution in [1.29, 1.82) is 0 Å². The van der Waals surface area contributed by atoms with Crippen molar-refractivity contribution in [3.63, 3.8) is 0 Å². The quantitative estimate of drug-likeness (QED) is 0.670. The number of carbonyl (C=O) groups excluding carboxylic acids is 1. The van der Waals surface area contributed by atoms with Crippen molar-refractivity contribution in [1.82, 2.24) is 15.5 Å². The molecule has 130 valence electrons. The summed E-state index contributed by atoms with van der Waals surface area (Å²) in [6, 6.07) is 9.31. The van der Waals surface area contributed by atoms with Crippen molar-refractivity contribution in [2.24, 2.45) is 0 Å². The first kappa shape index (κ1) is 17.2. The fourth-order valence-corrected chi connectivity index (χ4v) is 3.15. The van der Waals surface area contributed by atoms with Gasteiger partial charge in [-0.1, -0.05) is 6.07 Å². The van der Waals surface area contributed by atoms with Gasteiger partial charge in [0.15, 0.2) is 0 Å². The van der Waals surface area contributed by atoms with E-state index < -0.39 is 0 Å². The number of thiophene rings is 1. The summed E-state index contributed by atoms with van der Waals surface area (Å²) in [4.78, 5) is 16.8. The van der Waals surface area contributed by atoms with Crippen molar-refractivity contribution >= 4 is 17.2 Å². The summed E-state index contributed by atoms with van der Waals surface area (Å²) in [6.07, 6.45) is 3.23. The van der Waals surface area contributed by atoms with Crippen molar-refractivity contribution in [3.8, 4) is 5.88 Å². The summed E-state index contributed by atoms with van der Waals surface area (Å²) >= 11 is 1.64. The number of ether oxygens (including phenoxy) is 1. The van der Waals surface area contributed by atoms with Crippen LogP contribution in [0.1, 0.15) is 29.5 Å². The Morgan fingerprint density at radius 2 is 2.32 bits per heavy atom. The van der Waals surface area contributed by atoms with E-state index in [9.17, 15) is 4.79 Å². The third-order valence-corrected chi connectivity index (χ3v) is 4.48. The van der Waals surface area contributed by atoms with Crippen LogP contribution in [0.25, 0.3) is 0 Å². The van der Waals surface area contributed by atoms with E-state index >= 15 is 0 Å². The molecule has 3 rings (SSSR count). The first-order chi connectivity index (χ1) is 12.2. The molecule has 0 bridgehead atoms. The van der Waals surface area contributed by atoms with E-state index in [1.165, 1.54) is 12.7 Å². The van der Waals surface area contributed by atoms with Gasteiger partial charge >= 0.3 is 0 Å². The van der Waals surface area contributed by atoms with Gasteiger partial charge in [0.1, 0.15) is 5.76 Å². The first-order valence-corrected chi connectivity index (χ1v) is 8.90. The molecule has 3 aromatic rings. The molecule has 7 heteroatoms. The largest absolute Gasteiger partial charge is 0.479 e. The second kappa shape index (κ2) is 8.43. The van der Waals surface area contributed by atoms with Crippen molar-refractivity contribution in [2.45, 2.75) is 25.3 Å². The van der Waals surface area contributed by atoms with Crippen LogP contribution in [0.2, 0.25) is 0 Å². The third kappa shape index (κ3) is 4.90. The molecule has 1 N–H and O–H groups in total. The Morgan fingerprint density at radius 1 is 1.40 bits per heavy atom. The normalized spacial score (nSPS) is 11.9. The maximum Gasteiger partial charge on any atom is 0.254 e. The van der Waals surface area contributed by atoms with Gasteiger partial charge in [0.25, 0.3) is 5.88 Å². The Labute approximate surface area is 149 Å². The molecule has 0 fully saturated rings. The number of amides is 1. The van der Waals surface area contributed by atoms with Gasteiger partial charge in [-0.15, -0.1) is 0 Å². The summed E-state index contributed by atoms with van der Waals surface area (Å²) in [6.45, 7) is 0. The molecule has 1 amide bonds. The highest BCUT2D eigenvalue weighted by Crippen LogP contribution is 2.19. The number of nitrogens with zero attached hydrogens (tertiary/aromatic N) is 2. The van der Waals surface area contributed by atoms with Crippen molar-refractivity contribution in [3.05, 3.63) is 64.3 Å². The number of aryl methyl sites for hydroxylation is 1. The predicted octanol–water partition coefficient (Wildman–Crippen LogP) is 3.17. The smallest absolute Gasteiger partial charge is 0.254 e. The van der Waals surface area contributed by atoms with Crippen LogP contribution >= 0.6 is 11.3 Å². The van der Waals surface area contributed by atoms with E-state index in [0.29, 0.717) is 30.9 Å². The van der Waals surface area contributed by atoms with Crippen LogP contribution in [0.4, 0.5) is 0 Å². The summed E-state index contributed by atoms with van der Waals surface area (Å²) in [5.41, 5.74) is 2.03. The van der Waals surface area contributed by atoms with Gasteiger partial charge in [0, 0.05) is 25.1 Å². The van der Waals surface area contributed by atoms with E-state index in [4.69, 9.17) is 9.26 Å². The topological polar surface area (TPSA) is 77.2 Å². The van der Waals surface area contributed by atoms with E-state index in [1.807, 2.05) is 23.6 Å². The summed E-state index contributed by atoms with van der Waals surface area (Å²) in [7, 11) is 1.52. The molecule has 0 aliphatic carbocycles. The zero-order valence-corrected chi connectivity index (χ0v) is 14.7. The lowest BCUT2D eigenvalue weighted by molar-refractivity contribution is -0.121. The lowest BCUT2D eigenvalue weighted by Crippen LogP contribution is -2.30. The molecule has 25 heavy (non-hydrogen) atoms. The number of hydrogen-bond donors (Lipinski definition) is 1. The molecule has 0 spiro atoms. The minimum absolute atomic E-state index is 0.0544. The van der Waals surface area contributed by atoms with E-state index in [0.717, 1.165) is 5.69 Å². The zero-order chi connectivity index (χ0) is 17.5. The molecule has 0 unspecified atom stereocenters. The minimum Gasteiger partial charge on any atom is -0.479 e. The number of rotatable bonds is 8. The Morgan fingerprint density at radius 3 is 3.00 bits per heavy atom. The monoisotopic (exact) mass is 357 g/mol. The minimum atomic E-state index is -0.160. The van der Waals surface area contributed by atoms with Crippen LogP contribution in [-0.2, 0) is 17.6 Å². The lowest BCUT2D eigenvalue weighted by atomic mass is 10.0. The molecule has 0 aliphatic heterocycles. The van der Waals surface area contributed by atoms with Crippen LogP contribution in [0.3, 0.4) is 0 Å². The van der Waals surface area contributed by atoms with Crippen molar-refractivity contribution < 1.29 is 14.1 Å². The van der Waals surface area contributed by atoms with Crippen LogP contribution < -0.4 is 10.1 Å². The van der Waals surface area contributed by atoms with E-state index in [-0.39, 0.29) is 11.9 Å². The molecule has 6 nitrogen and oxygen atoms in total. The first-order valence-electron chi connectivity index (χ1n) is 7.95. The fraction of sp³-hybridized carbons (Fsp3) is 0.278.